The summed E-state index contributed by atoms with van der Waals surface area (Å²) < 4.78 is 51.8. The molecular weight excluding hydrogens is 378 g/mol. The van der Waals surface area contributed by atoms with Gasteiger partial charge in [-0.2, -0.15) is 13.2 Å². The van der Waals surface area contributed by atoms with E-state index in [1.165, 1.54) is 18.2 Å². The van der Waals surface area contributed by atoms with Gasteiger partial charge in [-0.05, 0) is 60.6 Å². The van der Waals surface area contributed by atoms with E-state index in [1.807, 2.05) is 13.8 Å². The summed E-state index contributed by atoms with van der Waals surface area (Å²) in [6, 6.07) is 9.05. The average Bonchev–Trinajstić information content (AvgIpc) is 2.60. The summed E-state index contributed by atoms with van der Waals surface area (Å²) >= 11 is -0.164. The zero-order valence-corrected chi connectivity index (χ0v) is 16.3. The van der Waals surface area contributed by atoms with E-state index in [0.717, 1.165) is 5.56 Å². The van der Waals surface area contributed by atoms with Crippen molar-refractivity contribution >= 4 is 34.7 Å². The molecule has 0 fully saturated rings. The van der Waals surface area contributed by atoms with E-state index in [-0.39, 0.29) is 16.7 Å². The monoisotopic (exact) mass is 399 g/mol. The number of aryl methyl sites for hydroxylation is 1. The summed E-state index contributed by atoms with van der Waals surface area (Å²) in [5.74, 6) is 0.244. The number of hydrogen-bond acceptors (Lipinski definition) is 3. The molecule has 0 spiro atoms. The zero-order chi connectivity index (χ0) is 20.2. The lowest BCUT2D eigenvalue weighted by molar-refractivity contribution is -0.0328. The molecule has 0 unspecified atom stereocenters. The first kappa shape index (κ1) is 21.1. The topological polar surface area (TPSA) is 27.6 Å². The van der Waals surface area contributed by atoms with E-state index in [1.54, 1.807) is 37.2 Å². The van der Waals surface area contributed by atoms with Gasteiger partial charge >= 0.3 is 5.51 Å². The first-order valence-corrected chi connectivity index (χ1v) is 9.08. The maximum atomic E-state index is 14.5. The molecule has 0 saturated heterocycles. The van der Waals surface area contributed by atoms with Gasteiger partial charge in [0.2, 0.25) is 0 Å². The SMILES string of the molecule is CCC(=NC)Nc1cc(C)c(N(C)c2ccc(SC(F)(F)F)cc2)cc1F. The Kier molecular flexibility index (Phi) is 6.75. The molecule has 2 rings (SSSR count). The fourth-order valence-electron chi connectivity index (χ4n) is 2.60. The van der Waals surface area contributed by atoms with Crippen LogP contribution in [0.1, 0.15) is 18.9 Å². The smallest absolute Gasteiger partial charge is 0.344 e. The highest BCUT2D eigenvalue weighted by molar-refractivity contribution is 8.00. The molecule has 0 radical (unpaired) electrons. The Balaban J connectivity index is 2.26. The number of nitrogens with one attached hydrogen (secondary N) is 1. The van der Waals surface area contributed by atoms with Crippen molar-refractivity contribution in [3.05, 3.63) is 47.8 Å². The van der Waals surface area contributed by atoms with Crippen LogP contribution in [0.2, 0.25) is 0 Å². The molecule has 0 atom stereocenters. The van der Waals surface area contributed by atoms with Crippen molar-refractivity contribution in [2.24, 2.45) is 4.99 Å². The molecule has 0 heterocycles. The predicted molar refractivity (Wildman–Crippen MR) is 105 cm³/mol. The molecule has 0 aliphatic rings. The van der Waals surface area contributed by atoms with Crippen LogP contribution in [0.15, 0.2) is 46.3 Å². The quantitative estimate of drug-likeness (QED) is 0.274. The zero-order valence-electron chi connectivity index (χ0n) is 15.5. The number of benzene rings is 2. The van der Waals surface area contributed by atoms with E-state index in [0.29, 0.717) is 29.3 Å². The Bertz CT molecular complexity index is 817. The lowest BCUT2D eigenvalue weighted by Crippen LogP contribution is -2.14. The number of alkyl halides is 3. The van der Waals surface area contributed by atoms with Crippen LogP contribution < -0.4 is 10.2 Å². The minimum Gasteiger partial charge on any atom is -0.344 e. The van der Waals surface area contributed by atoms with Gasteiger partial charge in [-0.1, -0.05) is 6.92 Å². The van der Waals surface area contributed by atoms with Crippen LogP contribution in [0, 0.1) is 12.7 Å². The highest BCUT2D eigenvalue weighted by Gasteiger charge is 2.29. The van der Waals surface area contributed by atoms with Crippen LogP contribution in [-0.2, 0) is 0 Å². The molecule has 0 amide bonds. The van der Waals surface area contributed by atoms with E-state index in [4.69, 9.17) is 0 Å². The largest absolute Gasteiger partial charge is 0.446 e. The van der Waals surface area contributed by atoms with Crippen LogP contribution in [0.3, 0.4) is 0 Å². The molecule has 8 heteroatoms. The minimum atomic E-state index is -4.32. The van der Waals surface area contributed by atoms with Crippen LogP contribution in [0.25, 0.3) is 0 Å². The Morgan fingerprint density at radius 3 is 2.33 bits per heavy atom. The first-order valence-electron chi connectivity index (χ1n) is 8.27. The number of anilines is 3. The second-order valence-electron chi connectivity index (χ2n) is 5.87. The summed E-state index contributed by atoms with van der Waals surface area (Å²) in [7, 11) is 3.38. The van der Waals surface area contributed by atoms with Gasteiger partial charge in [0.15, 0.2) is 0 Å². The number of nitrogens with zero attached hydrogens (tertiary/aromatic N) is 2. The van der Waals surface area contributed by atoms with Gasteiger partial charge in [0.1, 0.15) is 11.7 Å². The fraction of sp³-hybridized carbons (Fsp3) is 0.316. The van der Waals surface area contributed by atoms with Gasteiger partial charge in [-0.25, -0.2) is 4.39 Å². The van der Waals surface area contributed by atoms with E-state index in [2.05, 4.69) is 10.3 Å². The Hall–Kier alpha value is -2.22. The molecule has 2 aromatic rings. The minimum absolute atomic E-state index is 0.105. The number of thioether (sulfide) groups is 1. The van der Waals surface area contributed by atoms with E-state index >= 15 is 0 Å². The van der Waals surface area contributed by atoms with Gasteiger partial charge in [-0.3, -0.25) is 4.99 Å². The Morgan fingerprint density at radius 1 is 1.19 bits per heavy atom. The van der Waals surface area contributed by atoms with Crippen molar-refractivity contribution in [1.29, 1.82) is 0 Å². The van der Waals surface area contributed by atoms with E-state index in [9.17, 15) is 17.6 Å². The molecule has 0 bridgehead atoms. The highest BCUT2D eigenvalue weighted by Crippen LogP contribution is 2.38. The third-order valence-electron chi connectivity index (χ3n) is 3.99. The lowest BCUT2D eigenvalue weighted by atomic mass is 10.1. The molecule has 0 aromatic heterocycles. The summed E-state index contributed by atoms with van der Waals surface area (Å²) in [5.41, 5.74) is -1.88. The average molecular weight is 399 g/mol. The summed E-state index contributed by atoms with van der Waals surface area (Å²) in [4.78, 5) is 5.90. The van der Waals surface area contributed by atoms with Crippen molar-refractivity contribution in [3.8, 4) is 0 Å². The van der Waals surface area contributed by atoms with Gasteiger partial charge < -0.3 is 10.2 Å². The lowest BCUT2D eigenvalue weighted by Gasteiger charge is -2.23. The van der Waals surface area contributed by atoms with Crippen molar-refractivity contribution in [2.45, 2.75) is 30.7 Å². The molecule has 3 nitrogen and oxygen atoms in total. The van der Waals surface area contributed by atoms with Gasteiger partial charge in [0.25, 0.3) is 0 Å². The maximum Gasteiger partial charge on any atom is 0.446 e. The normalized spacial score (nSPS) is 12.2. The van der Waals surface area contributed by atoms with E-state index < -0.39 is 11.3 Å². The van der Waals surface area contributed by atoms with Crippen LogP contribution in [0.4, 0.5) is 34.6 Å². The second-order valence-corrected chi connectivity index (χ2v) is 7.01. The maximum absolute atomic E-state index is 14.5. The number of hydrogen-bond donors (Lipinski definition) is 1. The Morgan fingerprint density at radius 2 is 1.81 bits per heavy atom. The number of rotatable bonds is 5. The molecule has 0 saturated carbocycles. The van der Waals surface area contributed by atoms with Crippen molar-refractivity contribution in [2.75, 3.05) is 24.3 Å². The predicted octanol–water partition coefficient (Wildman–Crippen LogP) is 6.36. The van der Waals surface area contributed by atoms with Crippen LogP contribution in [0.5, 0.6) is 0 Å². The standard InChI is InChI=1S/C19H21F4N3S/c1-5-18(24-3)25-16-10-12(2)17(11-15(16)20)26(4)13-6-8-14(9-7-13)27-19(21,22)23/h6-11H,5H2,1-4H3,(H,24,25). The molecule has 1 N–H and O–H groups in total. The molecule has 27 heavy (non-hydrogen) atoms. The Labute approximate surface area is 160 Å². The highest BCUT2D eigenvalue weighted by atomic mass is 32.2. The molecule has 146 valence electrons. The third kappa shape index (κ3) is 5.63. The molecule has 2 aromatic carbocycles. The number of aliphatic imine (C=N–C) groups is 1. The first-order chi connectivity index (χ1) is 12.6. The molecule has 0 aliphatic carbocycles. The number of amidine groups is 1. The van der Waals surface area contributed by atoms with Crippen LogP contribution in [-0.4, -0.2) is 25.4 Å². The molecular formula is C19H21F4N3S. The number of halogens is 4. The van der Waals surface area contributed by atoms with Crippen molar-refractivity contribution < 1.29 is 17.6 Å². The second kappa shape index (κ2) is 8.65. The van der Waals surface area contributed by atoms with Gasteiger partial charge in [0.05, 0.1) is 5.69 Å². The summed E-state index contributed by atoms with van der Waals surface area (Å²) in [5, 5.41) is 2.97. The fourth-order valence-corrected chi connectivity index (χ4v) is 3.14. The van der Waals surface area contributed by atoms with Crippen molar-refractivity contribution in [1.82, 2.24) is 0 Å². The van der Waals surface area contributed by atoms with Gasteiger partial charge in [-0.15, -0.1) is 0 Å². The molecule has 0 aliphatic heterocycles. The van der Waals surface area contributed by atoms with Crippen LogP contribution >= 0.6 is 11.8 Å². The summed E-state index contributed by atoms with van der Waals surface area (Å²) in [6.45, 7) is 3.77. The van der Waals surface area contributed by atoms with Gasteiger partial charge in [0, 0.05) is 36.8 Å². The van der Waals surface area contributed by atoms with Crippen molar-refractivity contribution in [3.63, 3.8) is 0 Å². The summed E-state index contributed by atoms with van der Waals surface area (Å²) in [6.07, 6.45) is 0.652. The third-order valence-corrected chi connectivity index (χ3v) is 4.73.